The number of aromatic nitrogens is 5. The summed E-state index contributed by atoms with van der Waals surface area (Å²) in [6, 6.07) is 9.64. The predicted octanol–water partition coefficient (Wildman–Crippen LogP) is 2.83. The molecule has 37 heavy (non-hydrogen) atoms. The quantitative estimate of drug-likeness (QED) is 0.259. The lowest BCUT2D eigenvalue weighted by atomic mass is 9.98. The molecule has 1 fully saturated rings. The molecule has 0 spiro atoms. The van der Waals surface area contributed by atoms with Gasteiger partial charge < -0.3 is 25.3 Å². The van der Waals surface area contributed by atoms with Crippen molar-refractivity contribution in [1.29, 1.82) is 0 Å². The number of anilines is 1. The fraction of sp³-hybridized carbons (Fsp3) is 0.385. The summed E-state index contributed by atoms with van der Waals surface area (Å²) < 4.78 is 8.60. The van der Waals surface area contributed by atoms with E-state index in [-0.39, 0.29) is 24.8 Å². The molecule has 2 unspecified atom stereocenters. The van der Waals surface area contributed by atoms with Crippen molar-refractivity contribution in [2.75, 3.05) is 11.9 Å². The highest BCUT2D eigenvalue weighted by atomic mass is 16.5. The Balaban J connectivity index is 1.36. The molecule has 5 rings (SSSR count). The van der Waals surface area contributed by atoms with E-state index in [1.165, 1.54) is 21.6 Å². The largest absolute Gasteiger partial charge is 0.455 e. The number of hydrogen-bond acceptors (Lipinski definition) is 7. The minimum atomic E-state index is -0.952. The van der Waals surface area contributed by atoms with Crippen LogP contribution in [0.4, 0.5) is 5.82 Å². The maximum atomic E-state index is 13.3. The molecular formula is C26H30N6O5. The van der Waals surface area contributed by atoms with E-state index in [0.717, 1.165) is 36.6 Å². The average molecular weight is 507 g/mol. The number of aliphatic hydroxyl groups is 2. The molecule has 11 heteroatoms. The Morgan fingerprint density at radius 3 is 2.86 bits per heavy atom. The van der Waals surface area contributed by atoms with Crippen LogP contribution in [0.25, 0.3) is 10.9 Å². The number of nitrogens with zero attached hydrogens (tertiary/aromatic N) is 4. The smallest absolute Gasteiger partial charge is 0.271 e. The van der Waals surface area contributed by atoms with Crippen molar-refractivity contribution in [3.05, 3.63) is 65.3 Å². The number of carbonyl (C=O) groups excluding carboxylic acids is 1. The van der Waals surface area contributed by atoms with Crippen molar-refractivity contribution >= 4 is 22.6 Å². The number of ether oxygens (including phenoxy) is 1. The van der Waals surface area contributed by atoms with E-state index < -0.39 is 17.7 Å². The van der Waals surface area contributed by atoms with E-state index in [1.807, 2.05) is 30.5 Å². The third kappa shape index (κ3) is 5.73. The molecular weight excluding hydrogens is 476 g/mol. The number of carbonyl (C=O) groups is 1. The molecule has 3 aromatic heterocycles. The normalized spacial score (nSPS) is 15.6. The first-order valence-corrected chi connectivity index (χ1v) is 12.5. The number of hydrogen-bond donors (Lipinski definition) is 4. The number of amides is 1. The highest BCUT2D eigenvalue weighted by Gasteiger charge is 2.29. The molecule has 0 saturated heterocycles. The standard InChI is InChI=1S/C26H30N6O5/c33-16-18(34)15-31-11-9-24(30-31)29-26(36)22(12-17-4-1-2-5-17)32-25(35)13-19(14-28-32)37-23-7-3-6-21-20(23)8-10-27-21/h3,6-11,13-14,17-18,22,27,33-34H,1-2,4-5,12,15-16H2,(H,29,30,36). The maximum absolute atomic E-state index is 13.3. The Bertz CT molecular complexity index is 1420. The molecule has 0 bridgehead atoms. The third-order valence-corrected chi connectivity index (χ3v) is 6.71. The van der Waals surface area contributed by atoms with Gasteiger partial charge in [-0.05, 0) is 30.5 Å². The van der Waals surface area contributed by atoms with Gasteiger partial charge in [-0.2, -0.15) is 10.2 Å². The SMILES string of the molecule is O=C(Nc1ccn(CC(O)CO)n1)C(CC1CCCC1)n1ncc(Oc2cccc3[nH]ccc23)cc1=O. The number of aromatic amines is 1. The highest BCUT2D eigenvalue weighted by molar-refractivity contribution is 5.92. The summed E-state index contributed by atoms with van der Waals surface area (Å²) in [5.41, 5.74) is 0.480. The molecule has 11 nitrogen and oxygen atoms in total. The summed E-state index contributed by atoms with van der Waals surface area (Å²) in [5.74, 6) is 1.11. The zero-order valence-electron chi connectivity index (χ0n) is 20.3. The molecule has 1 saturated carbocycles. The third-order valence-electron chi connectivity index (χ3n) is 6.71. The topological polar surface area (TPSA) is 147 Å². The van der Waals surface area contributed by atoms with Gasteiger partial charge in [0.2, 0.25) is 0 Å². The Kier molecular flexibility index (Phi) is 7.33. The number of nitrogens with one attached hydrogen (secondary N) is 2. The molecule has 1 aliphatic carbocycles. The maximum Gasteiger partial charge on any atom is 0.271 e. The Morgan fingerprint density at radius 1 is 1.24 bits per heavy atom. The van der Waals surface area contributed by atoms with Gasteiger partial charge in [0.05, 0.1) is 25.5 Å². The van der Waals surface area contributed by atoms with Gasteiger partial charge in [0.1, 0.15) is 11.8 Å². The van der Waals surface area contributed by atoms with Crippen molar-refractivity contribution in [3.63, 3.8) is 0 Å². The predicted molar refractivity (Wildman–Crippen MR) is 136 cm³/mol. The fourth-order valence-corrected chi connectivity index (χ4v) is 4.86. The van der Waals surface area contributed by atoms with Crippen LogP contribution in [-0.4, -0.2) is 53.4 Å². The highest BCUT2D eigenvalue weighted by Crippen LogP contribution is 2.32. The van der Waals surface area contributed by atoms with Crippen LogP contribution in [0.3, 0.4) is 0 Å². The second kappa shape index (κ2) is 11.0. The lowest BCUT2D eigenvalue weighted by Gasteiger charge is -2.21. The number of rotatable bonds is 10. The van der Waals surface area contributed by atoms with Crippen molar-refractivity contribution < 1.29 is 19.7 Å². The van der Waals surface area contributed by atoms with Crippen LogP contribution in [0, 0.1) is 5.92 Å². The zero-order chi connectivity index (χ0) is 25.8. The van der Waals surface area contributed by atoms with E-state index in [0.29, 0.717) is 23.9 Å². The molecule has 0 aliphatic heterocycles. The summed E-state index contributed by atoms with van der Waals surface area (Å²) in [5, 5.41) is 30.9. The second-order valence-electron chi connectivity index (χ2n) is 9.42. The summed E-state index contributed by atoms with van der Waals surface area (Å²) in [6.07, 6.45) is 8.64. The van der Waals surface area contributed by atoms with Crippen LogP contribution in [0.5, 0.6) is 11.5 Å². The van der Waals surface area contributed by atoms with Crippen molar-refractivity contribution in [2.24, 2.45) is 5.92 Å². The van der Waals surface area contributed by atoms with E-state index in [4.69, 9.17) is 9.84 Å². The zero-order valence-corrected chi connectivity index (χ0v) is 20.3. The number of benzene rings is 1. The summed E-state index contributed by atoms with van der Waals surface area (Å²) in [6.45, 7) is -0.295. The molecule has 1 aliphatic rings. The number of fused-ring (bicyclic) bond motifs is 1. The van der Waals surface area contributed by atoms with Crippen molar-refractivity contribution in [1.82, 2.24) is 24.5 Å². The van der Waals surface area contributed by atoms with Gasteiger partial charge in [0, 0.05) is 35.4 Å². The van der Waals surface area contributed by atoms with Crippen LogP contribution in [0.15, 0.2) is 59.8 Å². The lowest BCUT2D eigenvalue weighted by Crippen LogP contribution is -2.36. The van der Waals surface area contributed by atoms with E-state index in [2.05, 4.69) is 20.5 Å². The molecule has 3 heterocycles. The second-order valence-corrected chi connectivity index (χ2v) is 9.42. The molecule has 194 valence electrons. The van der Waals surface area contributed by atoms with Gasteiger partial charge in [-0.3, -0.25) is 14.3 Å². The van der Waals surface area contributed by atoms with Crippen LogP contribution in [-0.2, 0) is 11.3 Å². The van der Waals surface area contributed by atoms with Crippen LogP contribution in [0.1, 0.15) is 38.1 Å². The fourth-order valence-electron chi connectivity index (χ4n) is 4.86. The molecule has 1 aromatic carbocycles. The van der Waals surface area contributed by atoms with Gasteiger partial charge in [0.25, 0.3) is 11.5 Å². The minimum absolute atomic E-state index is 0.0941. The first-order chi connectivity index (χ1) is 18.0. The summed E-state index contributed by atoms with van der Waals surface area (Å²) in [4.78, 5) is 29.6. The van der Waals surface area contributed by atoms with Gasteiger partial charge in [0.15, 0.2) is 11.6 Å². The summed E-state index contributed by atoms with van der Waals surface area (Å²) >= 11 is 0. The average Bonchev–Trinajstić information content (AvgIpc) is 3.66. The van der Waals surface area contributed by atoms with Gasteiger partial charge in [-0.25, -0.2) is 4.68 Å². The number of H-pyrrole nitrogens is 1. The summed E-state index contributed by atoms with van der Waals surface area (Å²) in [7, 11) is 0. The molecule has 2 atom stereocenters. The van der Waals surface area contributed by atoms with E-state index in [1.54, 1.807) is 12.3 Å². The first kappa shape index (κ1) is 24.7. The van der Waals surface area contributed by atoms with Crippen LogP contribution >= 0.6 is 0 Å². The Labute approximate surface area is 212 Å². The van der Waals surface area contributed by atoms with Gasteiger partial charge in [-0.15, -0.1) is 0 Å². The molecule has 1 amide bonds. The molecule has 4 N–H and O–H groups in total. The van der Waals surface area contributed by atoms with Gasteiger partial charge in [-0.1, -0.05) is 31.7 Å². The number of aliphatic hydroxyl groups excluding tert-OH is 2. The minimum Gasteiger partial charge on any atom is -0.455 e. The first-order valence-electron chi connectivity index (χ1n) is 12.5. The molecule has 4 aromatic rings. The Hall–Kier alpha value is -3.96. The Morgan fingerprint density at radius 2 is 2.08 bits per heavy atom. The van der Waals surface area contributed by atoms with Crippen molar-refractivity contribution in [2.45, 2.75) is 50.8 Å². The van der Waals surface area contributed by atoms with E-state index >= 15 is 0 Å². The van der Waals surface area contributed by atoms with E-state index in [9.17, 15) is 14.7 Å². The van der Waals surface area contributed by atoms with Crippen LogP contribution < -0.4 is 15.6 Å². The van der Waals surface area contributed by atoms with Crippen molar-refractivity contribution in [3.8, 4) is 11.5 Å². The van der Waals surface area contributed by atoms with Crippen LogP contribution in [0.2, 0.25) is 0 Å². The lowest BCUT2D eigenvalue weighted by molar-refractivity contribution is -0.120. The van der Waals surface area contributed by atoms with Gasteiger partial charge >= 0.3 is 0 Å². The monoisotopic (exact) mass is 506 g/mol. The molecule has 0 radical (unpaired) electrons.